The van der Waals surface area contributed by atoms with Gasteiger partial charge in [-0.15, -0.1) is 0 Å². The number of nitrogen functional groups attached to an aromatic ring is 2. The number of nitrogens with zero attached hydrogens (tertiary/aromatic N) is 9. The van der Waals surface area contributed by atoms with Crippen LogP contribution in [-0.4, -0.2) is 314 Å². The lowest BCUT2D eigenvalue weighted by molar-refractivity contribution is -0.265. The second-order valence-corrected chi connectivity index (χ2v) is 37.8. The standard InChI is InChI=1S/C100H146N12O23/c1-63-16-12-11-13-17-64(2)83(123-8)58-77-24-19-69(7)100(122,135-77)92(117)96(119)111-34-15-14-18-79(111)97(120)132-84(59-80(113)65(3)53-68(6)90(116)91(125-10)89(115)67(5)52-63)66(4)54-70-21-25-82(85(56-70)124-9)134-99(121)103-33-41-127-43-45-129-47-49-131-51-50-130-48-46-128-44-42-126-40-32-86(114)109-38-30-76(31-39-109)108-35-27-72(28-36-108)95(118)110-37-29-73-55-71(20-22-75(73)61-110)60-112-94-87(93(101)104-62-105-94)88(107-112)74-23-26-81-78(57-74)106-98(102)133-81/h11-13,16-17,20,22-23,26,53,55,57,62-63,65-67,69-70,72,76-77,79-80,82-85,90-91,113,116,122H,14-15,18-19,21,24-25,27-52,54,56,58-61H2,1-10H3,(H2,102,106)(H,103,121)(H2,101,104,105)/b13-11+,16-12+,64-17+,68-53+/t63-,65?,66-,67-,69-,70?,77+,79+,80-,82-,83+,84+,85-,90-,91+,100-/m1/s1. The fourth-order valence-electron chi connectivity index (χ4n) is 20.1. The number of aliphatic hydroxyl groups is 3. The lowest BCUT2D eigenvalue weighted by Gasteiger charge is -2.43. The van der Waals surface area contributed by atoms with E-state index in [9.17, 15) is 48.9 Å². The van der Waals surface area contributed by atoms with E-state index in [-0.39, 0.29) is 86.2 Å². The number of likely N-dealkylation sites (tertiary alicyclic amines) is 2. The largest absolute Gasteiger partial charge is 0.460 e. The molecule has 1 saturated carbocycles. The van der Waals surface area contributed by atoms with Crippen molar-refractivity contribution in [2.24, 2.45) is 41.4 Å². The van der Waals surface area contributed by atoms with E-state index < -0.39 is 102 Å². The van der Waals surface area contributed by atoms with E-state index in [0.29, 0.717) is 215 Å². The third kappa shape index (κ3) is 28.8. The maximum absolute atomic E-state index is 14.8. The van der Waals surface area contributed by atoms with Crippen molar-refractivity contribution in [3.05, 3.63) is 107 Å². The second kappa shape index (κ2) is 51.6. The molecule has 2 bridgehead atoms. The first kappa shape index (κ1) is 105. The molecule has 9 heterocycles. The number of esters is 1. The number of methoxy groups -OCH3 is 3. The Morgan fingerprint density at radius 2 is 1.39 bits per heavy atom. The Labute approximate surface area is 792 Å². The van der Waals surface area contributed by atoms with Crippen molar-refractivity contribution in [3.63, 3.8) is 0 Å². The van der Waals surface area contributed by atoms with Gasteiger partial charge in [-0.05, 0) is 187 Å². The van der Waals surface area contributed by atoms with Gasteiger partial charge in [0.1, 0.15) is 53.8 Å². The number of cyclic esters (lactones) is 1. The van der Waals surface area contributed by atoms with Crippen LogP contribution in [0.2, 0.25) is 0 Å². The minimum Gasteiger partial charge on any atom is -0.460 e. The number of rotatable bonds is 33. The number of hydrogen-bond acceptors (Lipinski definition) is 30. The molecule has 2 unspecified atom stereocenters. The van der Waals surface area contributed by atoms with E-state index >= 15 is 0 Å². The predicted molar refractivity (Wildman–Crippen MR) is 504 cm³/mol. The van der Waals surface area contributed by atoms with Crippen LogP contribution in [-0.2, 0) is 105 Å². The normalized spacial score (nSPS) is 28.4. The molecule has 6 aliphatic heterocycles. The molecule has 4 saturated heterocycles. The Bertz CT molecular complexity index is 4830. The van der Waals surface area contributed by atoms with Crippen LogP contribution in [0, 0.1) is 41.4 Å². The van der Waals surface area contributed by atoms with Gasteiger partial charge in [0.15, 0.2) is 17.0 Å². The van der Waals surface area contributed by atoms with Crippen LogP contribution < -0.4 is 16.8 Å². The zero-order valence-electron chi connectivity index (χ0n) is 80.6. The van der Waals surface area contributed by atoms with Gasteiger partial charge in [0, 0.05) is 109 Å². The summed E-state index contributed by atoms with van der Waals surface area (Å²) in [6, 6.07) is 11.3. The molecule has 35 nitrogen and oxygen atoms in total. The van der Waals surface area contributed by atoms with E-state index in [0.717, 1.165) is 67.5 Å². The van der Waals surface area contributed by atoms with Gasteiger partial charge in [-0.3, -0.25) is 24.0 Å². The Balaban J connectivity index is 0.482. The minimum atomic E-state index is -2.47. The Hall–Kier alpha value is -9.05. The Morgan fingerprint density at radius 3 is 2.09 bits per heavy atom. The Kier molecular flexibility index (Phi) is 40.0. The van der Waals surface area contributed by atoms with Crippen molar-refractivity contribution in [2.75, 3.05) is 158 Å². The van der Waals surface area contributed by atoms with Crippen LogP contribution in [0.3, 0.4) is 0 Å². The molecule has 5 aromatic rings. The highest BCUT2D eigenvalue weighted by atomic mass is 16.6. The van der Waals surface area contributed by atoms with Crippen LogP contribution in [0.15, 0.2) is 94.7 Å². The number of nitrogens with two attached hydrogens (primary N) is 2. The zero-order valence-corrected chi connectivity index (χ0v) is 80.6. The summed E-state index contributed by atoms with van der Waals surface area (Å²) >= 11 is 0. The van der Waals surface area contributed by atoms with Crippen LogP contribution in [0.4, 0.5) is 16.6 Å². The van der Waals surface area contributed by atoms with Gasteiger partial charge in [0.05, 0.1) is 122 Å². The molecule has 3 aromatic heterocycles. The van der Waals surface area contributed by atoms with Crippen molar-refractivity contribution in [1.82, 2.24) is 49.6 Å². The lowest BCUT2D eigenvalue weighted by Crippen LogP contribution is -2.61. The molecular formula is C100H146N12O23. The Morgan fingerprint density at radius 1 is 0.689 bits per heavy atom. The van der Waals surface area contributed by atoms with Crippen molar-refractivity contribution in [3.8, 4) is 11.3 Å². The molecule has 744 valence electrons. The average Bonchev–Trinajstić information content (AvgIpc) is 1.44. The summed E-state index contributed by atoms with van der Waals surface area (Å²) in [5.74, 6) is -7.26. The molecule has 4 amide bonds. The molecule has 2 aromatic carbocycles. The number of Topliss-reactive ketones (excluding diaryl/α,β-unsaturated/α-hetero) is 2. The first-order valence-electron chi connectivity index (χ1n) is 48.7. The molecule has 12 rings (SSSR count). The van der Waals surface area contributed by atoms with Crippen molar-refractivity contribution >= 4 is 75.3 Å². The highest BCUT2D eigenvalue weighted by Crippen LogP contribution is 2.41. The van der Waals surface area contributed by atoms with Crippen LogP contribution in [0.1, 0.15) is 174 Å². The van der Waals surface area contributed by atoms with Gasteiger partial charge >= 0.3 is 12.1 Å². The quantitative estimate of drug-likeness (QED) is 0.00984. The summed E-state index contributed by atoms with van der Waals surface area (Å²) in [6.45, 7) is 22.1. The maximum atomic E-state index is 14.8. The average molecular weight is 1880 g/mol. The molecular weight excluding hydrogens is 1740 g/mol. The number of ether oxygens (including phenoxy) is 12. The van der Waals surface area contributed by atoms with E-state index in [2.05, 4.69) is 43.4 Å². The van der Waals surface area contributed by atoms with Crippen LogP contribution in [0.25, 0.3) is 33.4 Å². The molecule has 0 radical (unpaired) electrons. The molecule has 0 spiro atoms. The van der Waals surface area contributed by atoms with Gasteiger partial charge < -0.3 is 113 Å². The number of piperidine rings is 3. The highest BCUT2D eigenvalue weighted by molar-refractivity contribution is 6.39. The fraction of sp³-hybridized carbons (Fsp3) is 0.670. The maximum Gasteiger partial charge on any atom is 0.407 e. The summed E-state index contributed by atoms with van der Waals surface area (Å²) in [5.41, 5.74) is 20.2. The minimum absolute atomic E-state index is 0.00289. The van der Waals surface area contributed by atoms with Gasteiger partial charge in [-0.2, -0.15) is 10.1 Å². The number of amides is 4. The summed E-state index contributed by atoms with van der Waals surface area (Å²) in [6.07, 6.45) is 14.9. The topological polar surface area (TPSA) is 438 Å². The number of oxazole rings is 1. The molecule has 8 N–H and O–H groups in total. The molecule has 16 atom stereocenters. The SMILES string of the molecule is CO[C@H]1C[C@@H]2CC[C@@H](C)[C@@](O)(O2)C(=O)C(=O)N2CCCC[C@H]2C(=O)O[C@H]([C@H](C)CC2CC[C@@H](OC(=O)NCCOCCOCCOCCOCCOCCOCCC(=O)N3CCC(N4CCC(C(=O)N5CCc6cc(Cn7nc(-c8ccc9oc(N)nc9c8)c8c(N)ncnc87)ccc6C5)CC4)CC3)[C@H](OC)C2)C[C@@H](O)C(C)/C=C(\C)[C@@H](O)[C@@H](OC)C(=O)[C@H](C)C[C@H](C)/C=C/C=C/C=C/1C. The van der Waals surface area contributed by atoms with E-state index in [1.54, 1.807) is 41.1 Å². The monoisotopic (exact) mass is 1880 g/mol. The smallest absolute Gasteiger partial charge is 0.407 e. The van der Waals surface area contributed by atoms with E-state index in [1.807, 2.05) is 90.8 Å². The van der Waals surface area contributed by atoms with E-state index in [4.69, 9.17) is 77.8 Å². The van der Waals surface area contributed by atoms with Gasteiger partial charge in [0.2, 0.25) is 17.6 Å². The number of aliphatic hydroxyl groups excluding tert-OH is 2. The summed E-state index contributed by atoms with van der Waals surface area (Å²) in [4.78, 5) is 119. The number of carbonyl (C=O) groups is 7. The van der Waals surface area contributed by atoms with Crippen LogP contribution in [0.5, 0.6) is 0 Å². The summed E-state index contributed by atoms with van der Waals surface area (Å²) < 4.78 is 77.5. The number of carbonyl (C=O) groups excluding carboxylic acids is 7. The van der Waals surface area contributed by atoms with Crippen molar-refractivity contribution < 1.29 is 110 Å². The predicted octanol–water partition coefficient (Wildman–Crippen LogP) is 9.64. The number of benzene rings is 2. The summed E-state index contributed by atoms with van der Waals surface area (Å²) in [5, 5.41) is 44.3. The third-order valence-corrected chi connectivity index (χ3v) is 28.1. The number of hydrogen-bond donors (Lipinski definition) is 6. The first-order chi connectivity index (χ1) is 65.1. The number of anilines is 2. The lowest BCUT2D eigenvalue weighted by atomic mass is 9.78. The van der Waals surface area contributed by atoms with Gasteiger partial charge in [-0.25, -0.2) is 24.2 Å². The fourth-order valence-corrected chi connectivity index (χ4v) is 20.1. The van der Waals surface area contributed by atoms with Gasteiger partial charge in [0.25, 0.3) is 17.7 Å². The number of ketones is 2. The van der Waals surface area contributed by atoms with E-state index in [1.165, 1.54) is 23.9 Å². The number of nitrogens with one attached hydrogen (secondary N) is 1. The number of allylic oxidation sites excluding steroid dienone is 5. The highest BCUT2D eigenvalue weighted by Gasteiger charge is 2.54. The third-order valence-electron chi connectivity index (χ3n) is 28.1. The molecule has 7 aliphatic rings. The van der Waals surface area contributed by atoms with Crippen LogP contribution >= 0.6 is 0 Å². The van der Waals surface area contributed by atoms with Crippen molar-refractivity contribution in [2.45, 2.75) is 244 Å². The number of aromatic nitrogens is 5. The second-order valence-electron chi connectivity index (χ2n) is 37.8. The number of alkyl carbamates (subject to hydrolysis) is 1. The molecule has 135 heavy (non-hydrogen) atoms. The molecule has 35 heteroatoms. The van der Waals surface area contributed by atoms with Crippen molar-refractivity contribution in [1.29, 1.82) is 0 Å². The summed E-state index contributed by atoms with van der Waals surface area (Å²) in [7, 11) is 4.52. The van der Waals surface area contributed by atoms with Gasteiger partial charge in [-0.1, -0.05) is 89.3 Å². The number of fused-ring (bicyclic) bond motifs is 6. The molecule has 1 aliphatic carbocycles. The first-order valence-corrected chi connectivity index (χ1v) is 48.7. The zero-order chi connectivity index (χ0) is 96.2. The molecule has 5 fully saturated rings.